The molecule has 0 spiro atoms. The number of aliphatic hydroxyl groups is 1. The quantitative estimate of drug-likeness (QED) is 0.761. The molecule has 3 heteroatoms. The minimum absolute atomic E-state index is 0.0508. The van der Waals surface area contributed by atoms with Crippen LogP contribution in [0, 0.1) is 0 Å². The summed E-state index contributed by atoms with van der Waals surface area (Å²) in [6.45, 7) is 1.76. The predicted molar refractivity (Wildman–Crippen MR) is 56.5 cm³/mol. The first-order chi connectivity index (χ1) is 6.69. The van der Waals surface area contributed by atoms with Crippen LogP contribution in [-0.2, 0) is 0 Å². The van der Waals surface area contributed by atoms with Gasteiger partial charge in [0, 0.05) is 0 Å². The Morgan fingerprint density at radius 3 is 2.64 bits per heavy atom. The van der Waals surface area contributed by atoms with E-state index in [1.165, 1.54) is 0 Å². The van der Waals surface area contributed by atoms with Gasteiger partial charge in [-0.15, -0.1) is 0 Å². The lowest BCUT2D eigenvalue weighted by molar-refractivity contribution is 0.150. The van der Waals surface area contributed by atoms with Gasteiger partial charge in [0.2, 0.25) is 0 Å². The van der Waals surface area contributed by atoms with Crippen LogP contribution in [0.2, 0.25) is 0 Å². The van der Waals surface area contributed by atoms with E-state index in [0.717, 1.165) is 11.3 Å². The molecule has 0 heterocycles. The normalized spacial score (nSPS) is 14.9. The zero-order chi connectivity index (χ0) is 10.6. The van der Waals surface area contributed by atoms with E-state index in [4.69, 9.17) is 4.74 Å². The molecule has 3 nitrogen and oxygen atoms in total. The molecular weight excluding hydrogens is 178 g/mol. The van der Waals surface area contributed by atoms with Gasteiger partial charge in [0.25, 0.3) is 0 Å². The lowest BCUT2D eigenvalue weighted by Gasteiger charge is -2.19. The second kappa shape index (κ2) is 4.98. The smallest absolute Gasteiger partial charge is 0.119 e. The summed E-state index contributed by atoms with van der Waals surface area (Å²) in [5, 5.41) is 12.6. The molecule has 1 rings (SSSR count). The van der Waals surface area contributed by atoms with Gasteiger partial charge in [-0.3, -0.25) is 0 Å². The van der Waals surface area contributed by atoms with Crippen LogP contribution in [0.4, 0.5) is 0 Å². The molecule has 0 aliphatic heterocycles. The highest BCUT2D eigenvalue weighted by atomic mass is 16.5. The van der Waals surface area contributed by atoms with Crippen LogP contribution in [-0.4, -0.2) is 25.4 Å². The van der Waals surface area contributed by atoms with Crippen LogP contribution in [0.5, 0.6) is 5.75 Å². The number of ether oxygens (including phenoxy) is 1. The van der Waals surface area contributed by atoms with E-state index in [2.05, 4.69) is 5.32 Å². The molecule has 0 amide bonds. The van der Waals surface area contributed by atoms with Gasteiger partial charge in [0.1, 0.15) is 5.75 Å². The molecule has 2 unspecified atom stereocenters. The van der Waals surface area contributed by atoms with Crippen molar-refractivity contribution in [3.05, 3.63) is 29.8 Å². The van der Waals surface area contributed by atoms with Crippen molar-refractivity contribution in [3.8, 4) is 5.75 Å². The lowest BCUT2D eigenvalue weighted by atomic mass is 10.0. The number of rotatable bonds is 4. The van der Waals surface area contributed by atoms with Crippen LogP contribution in [0.3, 0.4) is 0 Å². The summed E-state index contributed by atoms with van der Waals surface area (Å²) in [7, 11) is 3.47. The first-order valence-electron chi connectivity index (χ1n) is 4.68. The molecule has 0 aliphatic carbocycles. The molecule has 0 aliphatic rings. The van der Waals surface area contributed by atoms with Crippen molar-refractivity contribution in [2.24, 2.45) is 0 Å². The minimum Gasteiger partial charge on any atom is -0.497 e. The zero-order valence-electron chi connectivity index (χ0n) is 8.82. The summed E-state index contributed by atoms with van der Waals surface area (Å²) in [5.41, 5.74) is 1.03. The maximum absolute atomic E-state index is 9.53. The Hall–Kier alpha value is -1.06. The first-order valence-corrected chi connectivity index (χ1v) is 4.68. The minimum atomic E-state index is -0.424. The third-order valence-electron chi connectivity index (χ3n) is 2.25. The topological polar surface area (TPSA) is 41.5 Å². The SMILES string of the molecule is CNC(c1cccc(OC)c1)C(C)O. The summed E-state index contributed by atoms with van der Waals surface area (Å²) < 4.78 is 5.12. The molecule has 2 atom stereocenters. The van der Waals surface area contributed by atoms with Crippen molar-refractivity contribution in [2.75, 3.05) is 14.2 Å². The van der Waals surface area contributed by atoms with Crippen LogP contribution >= 0.6 is 0 Å². The van der Waals surface area contributed by atoms with E-state index in [1.807, 2.05) is 31.3 Å². The molecule has 14 heavy (non-hydrogen) atoms. The average Bonchev–Trinajstić information content (AvgIpc) is 2.19. The van der Waals surface area contributed by atoms with Crippen molar-refractivity contribution in [3.63, 3.8) is 0 Å². The van der Waals surface area contributed by atoms with Crippen molar-refractivity contribution in [1.29, 1.82) is 0 Å². The first kappa shape index (κ1) is 11.0. The van der Waals surface area contributed by atoms with E-state index in [1.54, 1.807) is 14.0 Å². The lowest BCUT2D eigenvalue weighted by Crippen LogP contribution is -2.26. The average molecular weight is 195 g/mol. The number of hydrogen-bond donors (Lipinski definition) is 2. The van der Waals surface area contributed by atoms with Gasteiger partial charge in [-0.25, -0.2) is 0 Å². The van der Waals surface area contributed by atoms with Crippen molar-refractivity contribution in [1.82, 2.24) is 5.32 Å². The third kappa shape index (κ3) is 2.47. The highest BCUT2D eigenvalue weighted by Gasteiger charge is 2.14. The number of benzene rings is 1. The van der Waals surface area contributed by atoms with Gasteiger partial charge in [0.15, 0.2) is 0 Å². The monoisotopic (exact) mass is 195 g/mol. The van der Waals surface area contributed by atoms with E-state index in [0.29, 0.717) is 0 Å². The Balaban J connectivity index is 2.92. The van der Waals surface area contributed by atoms with Gasteiger partial charge in [0.05, 0.1) is 19.3 Å². The number of aliphatic hydroxyl groups excluding tert-OH is 1. The van der Waals surface area contributed by atoms with E-state index in [9.17, 15) is 5.11 Å². The number of hydrogen-bond acceptors (Lipinski definition) is 3. The van der Waals surface area contributed by atoms with Crippen LogP contribution in [0.1, 0.15) is 18.5 Å². The Morgan fingerprint density at radius 1 is 1.43 bits per heavy atom. The second-order valence-electron chi connectivity index (χ2n) is 3.28. The molecule has 0 aromatic heterocycles. The summed E-state index contributed by atoms with van der Waals surface area (Å²) >= 11 is 0. The summed E-state index contributed by atoms with van der Waals surface area (Å²) in [4.78, 5) is 0. The van der Waals surface area contributed by atoms with Crippen LogP contribution in [0.25, 0.3) is 0 Å². The summed E-state index contributed by atoms with van der Waals surface area (Å²) in [6.07, 6.45) is -0.424. The van der Waals surface area contributed by atoms with Crippen LogP contribution in [0.15, 0.2) is 24.3 Å². The van der Waals surface area contributed by atoms with Gasteiger partial charge in [-0.2, -0.15) is 0 Å². The van der Waals surface area contributed by atoms with Gasteiger partial charge < -0.3 is 15.2 Å². The van der Waals surface area contributed by atoms with Crippen molar-refractivity contribution < 1.29 is 9.84 Å². The van der Waals surface area contributed by atoms with Gasteiger partial charge >= 0.3 is 0 Å². The molecule has 0 bridgehead atoms. The second-order valence-corrected chi connectivity index (χ2v) is 3.28. The van der Waals surface area contributed by atoms with Crippen LogP contribution < -0.4 is 10.1 Å². The Kier molecular flexibility index (Phi) is 3.92. The maximum atomic E-state index is 9.53. The fourth-order valence-corrected chi connectivity index (χ4v) is 1.52. The number of likely N-dealkylation sites (N-methyl/N-ethyl adjacent to an activating group) is 1. The molecule has 78 valence electrons. The third-order valence-corrected chi connectivity index (χ3v) is 2.25. The number of nitrogens with one attached hydrogen (secondary N) is 1. The van der Waals surface area contributed by atoms with E-state index in [-0.39, 0.29) is 6.04 Å². The molecule has 0 radical (unpaired) electrons. The summed E-state index contributed by atoms with van der Waals surface area (Å²) in [5.74, 6) is 0.809. The molecule has 1 aromatic carbocycles. The zero-order valence-corrected chi connectivity index (χ0v) is 8.82. The predicted octanol–water partition coefficient (Wildman–Crippen LogP) is 1.34. The highest BCUT2D eigenvalue weighted by molar-refractivity contribution is 5.30. The maximum Gasteiger partial charge on any atom is 0.119 e. The molecular formula is C11H17NO2. The fourth-order valence-electron chi connectivity index (χ4n) is 1.52. The summed E-state index contributed by atoms with van der Waals surface area (Å²) in [6, 6.07) is 7.65. The largest absolute Gasteiger partial charge is 0.497 e. The molecule has 0 fully saturated rings. The van der Waals surface area contributed by atoms with Gasteiger partial charge in [-0.1, -0.05) is 12.1 Å². The molecule has 1 aromatic rings. The Morgan fingerprint density at radius 2 is 2.14 bits per heavy atom. The molecule has 0 saturated carbocycles. The highest BCUT2D eigenvalue weighted by Crippen LogP contribution is 2.21. The molecule has 2 N–H and O–H groups in total. The molecule has 0 saturated heterocycles. The fraction of sp³-hybridized carbons (Fsp3) is 0.455. The van der Waals surface area contributed by atoms with E-state index < -0.39 is 6.10 Å². The Bertz CT molecular complexity index is 286. The standard InChI is InChI=1S/C11H17NO2/c1-8(13)11(12-2)9-5-4-6-10(7-9)14-3/h4-8,11-13H,1-3H3. The van der Waals surface area contributed by atoms with E-state index >= 15 is 0 Å². The van der Waals surface area contributed by atoms with Gasteiger partial charge in [-0.05, 0) is 31.7 Å². The van der Waals surface area contributed by atoms with Crippen molar-refractivity contribution in [2.45, 2.75) is 19.1 Å². The van der Waals surface area contributed by atoms with Crippen molar-refractivity contribution >= 4 is 0 Å². The Labute approximate surface area is 84.7 Å². The number of methoxy groups -OCH3 is 1.